The third-order valence-corrected chi connectivity index (χ3v) is 5.13. The smallest absolute Gasteiger partial charge is 0.240 e. The van der Waals surface area contributed by atoms with Crippen LogP contribution < -0.4 is 10.6 Å². The highest BCUT2D eigenvalue weighted by molar-refractivity contribution is 7.97. The number of nitrogens with zero attached hydrogens (tertiary/aromatic N) is 2. The van der Waals surface area contributed by atoms with Crippen molar-refractivity contribution in [2.24, 2.45) is 5.92 Å². The standard InChI is InChI=1S/C18H26N4OS.2ClH/c1-24-13-17-21-15-6-2-3-7-16(15)22(17)12-18(23)20-10-8-14-5-4-9-19-11-14;;/h2-3,6-7,14,19H,4-5,8-13H2,1H3,(H,20,23);2*1H. The Morgan fingerprint density at radius 1 is 1.38 bits per heavy atom. The summed E-state index contributed by atoms with van der Waals surface area (Å²) in [6.45, 7) is 3.32. The molecule has 2 aromatic rings. The molecule has 0 saturated carbocycles. The second kappa shape index (κ2) is 11.7. The van der Waals surface area contributed by atoms with E-state index in [1.807, 2.05) is 28.8 Å². The largest absolute Gasteiger partial charge is 0.355 e. The van der Waals surface area contributed by atoms with E-state index < -0.39 is 0 Å². The molecule has 1 aromatic heterocycles. The van der Waals surface area contributed by atoms with Gasteiger partial charge in [0.25, 0.3) is 0 Å². The van der Waals surface area contributed by atoms with Gasteiger partial charge in [0.15, 0.2) is 0 Å². The van der Waals surface area contributed by atoms with Gasteiger partial charge in [-0.1, -0.05) is 12.1 Å². The Hall–Kier alpha value is -0.950. The van der Waals surface area contributed by atoms with E-state index in [0.717, 1.165) is 48.7 Å². The van der Waals surface area contributed by atoms with Crippen LogP contribution >= 0.6 is 36.6 Å². The Morgan fingerprint density at radius 2 is 2.19 bits per heavy atom. The van der Waals surface area contributed by atoms with Gasteiger partial charge in [-0.05, 0) is 56.7 Å². The van der Waals surface area contributed by atoms with Crippen molar-refractivity contribution >= 4 is 53.5 Å². The van der Waals surface area contributed by atoms with Crippen LogP contribution in [0.5, 0.6) is 0 Å². The van der Waals surface area contributed by atoms with E-state index in [0.29, 0.717) is 12.5 Å². The molecule has 1 saturated heterocycles. The van der Waals surface area contributed by atoms with Gasteiger partial charge in [0, 0.05) is 6.54 Å². The maximum Gasteiger partial charge on any atom is 0.240 e. The quantitative estimate of drug-likeness (QED) is 0.724. The summed E-state index contributed by atoms with van der Waals surface area (Å²) in [6.07, 6.45) is 5.63. The minimum absolute atomic E-state index is 0. The van der Waals surface area contributed by atoms with Crippen molar-refractivity contribution in [3.05, 3.63) is 30.1 Å². The third-order valence-electron chi connectivity index (χ3n) is 4.58. The molecule has 1 aliphatic rings. The fraction of sp³-hybridized carbons (Fsp3) is 0.556. The van der Waals surface area contributed by atoms with Crippen LogP contribution in [0.4, 0.5) is 0 Å². The number of carbonyl (C=O) groups excluding carboxylic acids is 1. The first-order valence-electron chi connectivity index (χ1n) is 8.68. The minimum Gasteiger partial charge on any atom is -0.355 e. The summed E-state index contributed by atoms with van der Waals surface area (Å²) in [4.78, 5) is 17.0. The number of hydrogen-bond donors (Lipinski definition) is 2. The normalized spacial score (nSPS) is 16.6. The zero-order valence-electron chi connectivity index (χ0n) is 15.1. The lowest BCUT2D eigenvalue weighted by atomic mass is 9.96. The number of imidazole rings is 1. The van der Waals surface area contributed by atoms with Gasteiger partial charge in [-0.15, -0.1) is 24.8 Å². The van der Waals surface area contributed by atoms with Gasteiger partial charge in [0.05, 0.1) is 16.8 Å². The predicted molar refractivity (Wildman–Crippen MR) is 115 cm³/mol. The van der Waals surface area contributed by atoms with Crippen molar-refractivity contribution in [2.75, 3.05) is 25.9 Å². The molecular weight excluding hydrogens is 391 g/mol. The van der Waals surface area contributed by atoms with E-state index in [2.05, 4.69) is 21.9 Å². The first-order valence-corrected chi connectivity index (χ1v) is 10.1. The number of aromatic nitrogens is 2. The van der Waals surface area contributed by atoms with Gasteiger partial charge in [-0.3, -0.25) is 4.79 Å². The molecular formula is C18H28Cl2N4OS. The van der Waals surface area contributed by atoms with E-state index >= 15 is 0 Å². The van der Waals surface area contributed by atoms with Crippen LogP contribution in [0.25, 0.3) is 11.0 Å². The molecule has 1 aromatic carbocycles. The summed E-state index contributed by atoms with van der Waals surface area (Å²) >= 11 is 1.73. The summed E-state index contributed by atoms with van der Waals surface area (Å²) in [5.41, 5.74) is 2.00. The van der Waals surface area contributed by atoms with Crippen LogP contribution in [-0.4, -0.2) is 41.3 Å². The second-order valence-corrected chi connectivity index (χ2v) is 7.25. The lowest BCUT2D eigenvalue weighted by molar-refractivity contribution is -0.121. The molecule has 2 heterocycles. The van der Waals surface area contributed by atoms with E-state index in [4.69, 9.17) is 0 Å². The molecule has 0 radical (unpaired) electrons. The summed E-state index contributed by atoms with van der Waals surface area (Å²) in [7, 11) is 0. The van der Waals surface area contributed by atoms with Gasteiger partial charge in [-0.25, -0.2) is 4.98 Å². The highest BCUT2D eigenvalue weighted by Gasteiger charge is 2.15. The van der Waals surface area contributed by atoms with Crippen molar-refractivity contribution in [3.8, 4) is 0 Å². The number of fused-ring (bicyclic) bond motifs is 1. The molecule has 0 spiro atoms. The highest BCUT2D eigenvalue weighted by atomic mass is 35.5. The number of piperidine rings is 1. The maximum atomic E-state index is 12.4. The van der Waals surface area contributed by atoms with Crippen molar-refractivity contribution < 1.29 is 4.79 Å². The van der Waals surface area contributed by atoms with E-state index in [-0.39, 0.29) is 30.7 Å². The molecule has 8 heteroatoms. The van der Waals surface area contributed by atoms with Crippen LogP contribution in [0.3, 0.4) is 0 Å². The molecule has 1 unspecified atom stereocenters. The van der Waals surface area contributed by atoms with E-state index in [9.17, 15) is 4.79 Å². The van der Waals surface area contributed by atoms with E-state index in [1.54, 1.807) is 11.8 Å². The Morgan fingerprint density at radius 3 is 2.92 bits per heavy atom. The maximum absolute atomic E-state index is 12.4. The molecule has 5 nitrogen and oxygen atoms in total. The fourth-order valence-corrected chi connectivity index (χ4v) is 3.81. The Balaban J connectivity index is 0.00000169. The summed E-state index contributed by atoms with van der Waals surface area (Å²) in [5, 5.41) is 6.50. The average Bonchev–Trinajstić information content (AvgIpc) is 2.94. The second-order valence-electron chi connectivity index (χ2n) is 6.39. The first kappa shape index (κ1) is 23.1. The number of hydrogen-bond acceptors (Lipinski definition) is 4. The number of carbonyl (C=O) groups is 1. The number of amides is 1. The molecule has 1 amide bonds. The Kier molecular flexibility index (Phi) is 10.4. The number of thioether (sulfide) groups is 1. The van der Waals surface area contributed by atoms with Crippen LogP contribution in [0.1, 0.15) is 25.1 Å². The van der Waals surface area contributed by atoms with E-state index in [1.165, 1.54) is 12.8 Å². The minimum atomic E-state index is 0. The zero-order valence-corrected chi connectivity index (χ0v) is 17.5. The van der Waals surface area contributed by atoms with Gasteiger partial charge in [0.2, 0.25) is 5.91 Å². The highest BCUT2D eigenvalue weighted by Crippen LogP contribution is 2.19. The molecule has 1 atom stereocenters. The molecule has 0 aliphatic carbocycles. The van der Waals surface area contributed by atoms with Gasteiger partial charge < -0.3 is 15.2 Å². The van der Waals surface area contributed by atoms with Crippen LogP contribution in [0.15, 0.2) is 24.3 Å². The number of halogens is 2. The molecule has 1 aliphatic heterocycles. The van der Waals surface area contributed by atoms with Gasteiger partial charge in [0.1, 0.15) is 12.4 Å². The van der Waals surface area contributed by atoms with Gasteiger partial charge in [-0.2, -0.15) is 11.8 Å². The monoisotopic (exact) mass is 418 g/mol. The number of para-hydroxylation sites is 2. The number of rotatable bonds is 7. The van der Waals surface area contributed by atoms with Crippen LogP contribution in [0.2, 0.25) is 0 Å². The molecule has 26 heavy (non-hydrogen) atoms. The summed E-state index contributed by atoms with van der Waals surface area (Å²) in [5.74, 6) is 2.55. The topological polar surface area (TPSA) is 59.0 Å². The molecule has 1 fully saturated rings. The predicted octanol–water partition coefficient (Wildman–Crippen LogP) is 3.25. The Bertz CT molecular complexity index is 689. The Labute approximate surface area is 171 Å². The van der Waals surface area contributed by atoms with Gasteiger partial charge >= 0.3 is 0 Å². The number of benzene rings is 1. The lowest BCUT2D eigenvalue weighted by Crippen LogP contribution is -2.34. The van der Waals surface area contributed by atoms with Crippen LogP contribution in [0, 0.1) is 5.92 Å². The first-order chi connectivity index (χ1) is 11.8. The number of nitrogens with one attached hydrogen (secondary N) is 2. The molecule has 0 bridgehead atoms. The summed E-state index contributed by atoms with van der Waals surface area (Å²) < 4.78 is 2.04. The molecule has 146 valence electrons. The van der Waals surface area contributed by atoms with Crippen molar-refractivity contribution in [1.82, 2.24) is 20.2 Å². The molecule has 2 N–H and O–H groups in total. The average molecular weight is 419 g/mol. The van der Waals surface area contributed by atoms with Crippen molar-refractivity contribution in [1.29, 1.82) is 0 Å². The lowest BCUT2D eigenvalue weighted by Gasteiger charge is -2.22. The van der Waals surface area contributed by atoms with Crippen molar-refractivity contribution in [2.45, 2.75) is 31.6 Å². The van der Waals surface area contributed by atoms with Crippen molar-refractivity contribution in [3.63, 3.8) is 0 Å². The zero-order chi connectivity index (χ0) is 16.8. The molecule has 3 rings (SSSR count). The van der Waals surface area contributed by atoms with Crippen LogP contribution in [-0.2, 0) is 17.1 Å². The fourth-order valence-electron chi connectivity index (χ4n) is 3.33. The SMILES string of the molecule is CSCc1nc2ccccc2n1CC(=O)NCCC1CCCNC1.Cl.Cl. The third kappa shape index (κ3) is 6.05. The summed E-state index contributed by atoms with van der Waals surface area (Å²) in [6, 6.07) is 8.02.